The summed E-state index contributed by atoms with van der Waals surface area (Å²) in [5.74, 6) is 0.769. The number of benzene rings is 2. The number of amides is 2. The Morgan fingerprint density at radius 1 is 0.967 bits per heavy atom. The molecule has 0 unspecified atom stereocenters. The maximum Gasteiger partial charge on any atom is 0.242 e. The first-order valence-electron chi connectivity index (χ1n) is 9.96. The third kappa shape index (κ3) is 8.21. The van der Waals surface area contributed by atoms with Gasteiger partial charge in [-0.25, -0.2) is 0 Å². The van der Waals surface area contributed by atoms with Crippen LogP contribution in [0, 0.1) is 5.92 Å². The predicted octanol–water partition coefficient (Wildman–Crippen LogP) is 5.67. The van der Waals surface area contributed by atoms with Gasteiger partial charge in [0.25, 0.3) is 0 Å². The molecule has 1 N–H and O–H groups in total. The number of nitrogens with zero attached hydrogens (tertiary/aromatic N) is 1. The number of carbonyl (C=O) groups is 2. The first-order chi connectivity index (χ1) is 14.3. The topological polar surface area (TPSA) is 49.4 Å². The highest BCUT2D eigenvalue weighted by atomic mass is 35.5. The van der Waals surface area contributed by atoms with Crippen LogP contribution in [0.3, 0.4) is 0 Å². The molecule has 0 heterocycles. The van der Waals surface area contributed by atoms with E-state index >= 15 is 0 Å². The van der Waals surface area contributed by atoms with Crippen LogP contribution in [0.25, 0.3) is 0 Å². The van der Waals surface area contributed by atoms with Crippen LogP contribution < -0.4 is 5.32 Å². The fourth-order valence-corrected chi connectivity index (χ4v) is 3.85. The highest BCUT2D eigenvalue weighted by Crippen LogP contribution is 2.22. The van der Waals surface area contributed by atoms with Crippen molar-refractivity contribution in [2.45, 2.75) is 44.7 Å². The van der Waals surface area contributed by atoms with Crippen molar-refractivity contribution in [3.63, 3.8) is 0 Å². The molecule has 0 fully saturated rings. The second-order valence-corrected chi connectivity index (χ2v) is 9.56. The monoisotopic (exact) mass is 466 g/mol. The number of hydrogen-bond acceptors (Lipinski definition) is 3. The van der Waals surface area contributed by atoms with Gasteiger partial charge in [0.15, 0.2) is 0 Å². The molecular weight excluding hydrogens is 439 g/mol. The Hall–Kier alpha value is -1.69. The van der Waals surface area contributed by atoms with Gasteiger partial charge >= 0.3 is 0 Å². The Morgan fingerprint density at radius 3 is 2.10 bits per heavy atom. The third-order valence-corrected chi connectivity index (χ3v) is 6.03. The molecule has 4 nitrogen and oxygen atoms in total. The number of hydrogen-bond donors (Lipinski definition) is 1. The fourth-order valence-electron chi connectivity index (χ4n) is 2.75. The van der Waals surface area contributed by atoms with Crippen LogP contribution in [-0.4, -0.2) is 35.1 Å². The Bertz CT molecular complexity index is 826. The minimum absolute atomic E-state index is 0.0568. The van der Waals surface area contributed by atoms with E-state index in [4.69, 9.17) is 23.2 Å². The second-order valence-electron chi connectivity index (χ2n) is 7.52. The van der Waals surface area contributed by atoms with E-state index in [1.54, 1.807) is 35.7 Å². The molecule has 0 aliphatic heterocycles. The largest absolute Gasteiger partial charge is 0.354 e. The summed E-state index contributed by atoms with van der Waals surface area (Å²) in [5.41, 5.74) is 0.932. The molecule has 7 heteroatoms. The molecule has 30 heavy (non-hydrogen) atoms. The Labute approximate surface area is 193 Å². The Morgan fingerprint density at radius 2 is 1.53 bits per heavy atom. The highest BCUT2D eigenvalue weighted by Gasteiger charge is 2.25. The van der Waals surface area contributed by atoms with Crippen molar-refractivity contribution in [3.8, 4) is 0 Å². The predicted molar refractivity (Wildman–Crippen MR) is 126 cm³/mol. The van der Waals surface area contributed by atoms with E-state index in [0.29, 0.717) is 41.2 Å². The lowest BCUT2D eigenvalue weighted by molar-refractivity contribution is -0.140. The standard InChI is InChI=1S/C23H28Cl2N2O2S/c1-16(2)14-26-23(29)17(3)27(15-18-4-6-19(24)7-5-18)22(28)12-13-30-21-10-8-20(25)9-11-21/h4-11,16-17H,12-15H2,1-3H3,(H,26,29)/t17-/m0/s1. The normalized spacial score (nSPS) is 11.9. The maximum absolute atomic E-state index is 13.0. The van der Waals surface area contributed by atoms with E-state index in [9.17, 15) is 9.59 Å². The minimum Gasteiger partial charge on any atom is -0.354 e. The molecule has 162 valence electrons. The zero-order valence-electron chi connectivity index (χ0n) is 17.5. The van der Waals surface area contributed by atoms with Crippen molar-refractivity contribution in [3.05, 3.63) is 64.1 Å². The van der Waals surface area contributed by atoms with E-state index in [2.05, 4.69) is 5.32 Å². The summed E-state index contributed by atoms with van der Waals surface area (Å²) < 4.78 is 0. The van der Waals surface area contributed by atoms with Gasteiger partial charge < -0.3 is 10.2 Å². The van der Waals surface area contributed by atoms with Gasteiger partial charge in [-0.2, -0.15) is 0 Å². The van der Waals surface area contributed by atoms with Crippen LogP contribution in [0.5, 0.6) is 0 Å². The second kappa shape index (κ2) is 12.2. The average Bonchev–Trinajstić information content (AvgIpc) is 2.72. The van der Waals surface area contributed by atoms with Gasteiger partial charge in [0.05, 0.1) is 0 Å². The number of carbonyl (C=O) groups excluding carboxylic acids is 2. The quantitative estimate of drug-likeness (QED) is 0.459. The molecule has 0 radical (unpaired) electrons. The summed E-state index contributed by atoms with van der Waals surface area (Å²) in [4.78, 5) is 28.3. The summed E-state index contributed by atoms with van der Waals surface area (Å²) in [7, 11) is 0. The number of rotatable bonds is 10. The molecule has 0 bridgehead atoms. The first kappa shape index (κ1) is 24.6. The number of nitrogens with one attached hydrogen (secondary N) is 1. The van der Waals surface area contributed by atoms with Crippen molar-refractivity contribution in [1.82, 2.24) is 10.2 Å². The summed E-state index contributed by atoms with van der Waals surface area (Å²) in [5, 5.41) is 4.25. The van der Waals surface area contributed by atoms with Crippen LogP contribution in [0.1, 0.15) is 32.8 Å². The van der Waals surface area contributed by atoms with Crippen molar-refractivity contribution in [1.29, 1.82) is 0 Å². The molecule has 2 amide bonds. The molecule has 0 saturated heterocycles. The van der Waals surface area contributed by atoms with Crippen molar-refractivity contribution in [2.75, 3.05) is 12.3 Å². The molecule has 2 rings (SSSR count). The maximum atomic E-state index is 13.0. The zero-order chi connectivity index (χ0) is 22.1. The lowest BCUT2D eigenvalue weighted by Crippen LogP contribution is -2.48. The van der Waals surface area contributed by atoms with E-state index < -0.39 is 6.04 Å². The van der Waals surface area contributed by atoms with Gasteiger partial charge in [-0.15, -0.1) is 11.8 Å². The van der Waals surface area contributed by atoms with Gasteiger partial charge in [0.2, 0.25) is 11.8 Å². The van der Waals surface area contributed by atoms with Crippen LogP contribution in [0.15, 0.2) is 53.4 Å². The van der Waals surface area contributed by atoms with E-state index in [1.807, 2.05) is 50.2 Å². The molecule has 0 aliphatic carbocycles. The van der Waals surface area contributed by atoms with Crippen molar-refractivity contribution in [2.24, 2.45) is 5.92 Å². The number of halogens is 2. The average molecular weight is 467 g/mol. The summed E-state index contributed by atoms with van der Waals surface area (Å²) in [6.45, 7) is 6.79. The van der Waals surface area contributed by atoms with Crippen LogP contribution >= 0.6 is 35.0 Å². The summed E-state index contributed by atoms with van der Waals surface area (Å²) in [6, 6.07) is 14.3. The minimum atomic E-state index is -0.563. The summed E-state index contributed by atoms with van der Waals surface area (Å²) >= 11 is 13.5. The molecule has 0 spiro atoms. The van der Waals surface area contributed by atoms with E-state index in [1.165, 1.54) is 0 Å². The van der Waals surface area contributed by atoms with Gasteiger partial charge in [-0.3, -0.25) is 9.59 Å². The highest BCUT2D eigenvalue weighted by molar-refractivity contribution is 7.99. The van der Waals surface area contributed by atoms with Crippen LogP contribution in [-0.2, 0) is 16.1 Å². The van der Waals surface area contributed by atoms with E-state index in [-0.39, 0.29) is 11.8 Å². The molecule has 0 saturated carbocycles. The van der Waals surface area contributed by atoms with Gasteiger partial charge in [-0.1, -0.05) is 49.2 Å². The lowest BCUT2D eigenvalue weighted by atomic mass is 10.1. The van der Waals surface area contributed by atoms with Crippen molar-refractivity contribution < 1.29 is 9.59 Å². The fraction of sp³-hybridized carbons (Fsp3) is 0.391. The van der Waals surface area contributed by atoms with Gasteiger partial charge in [0.1, 0.15) is 6.04 Å². The van der Waals surface area contributed by atoms with Crippen LogP contribution in [0.4, 0.5) is 0 Å². The van der Waals surface area contributed by atoms with Crippen LogP contribution in [0.2, 0.25) is 10.0 Å². The molecule has 1 atom stereocenters. The molecule has 0 aliphatic rings. The summed E-state index contributed by atoms with van der Waals surface area (Å²) in [6.07, 6.45) is 0.336. The van der Waals surface area contributed by atoms with Gasteiger partial charge in [0, 0.05) is 40.2 Å². The molecule has 2 aromatic carbocycles. The SMILES string of the molecule is CC(C)CNC(=O)[C@H](C)N(Cc1ccc(Cl)cc1)C(=O)CCSc1ccc(Cl)cc1. The smallest absolute Gasteiger partial charge is 0.242 e. The third-order valence-electron chi connectivity index (χ3n) is 4.52. The lowest BCUT2D eigenvalue weighted by Gasteiger charge is -2.29. The Kier molecular flexibility index (Phi) is 10.0. The molecule has 0 aromatic heterocycles. The van der Waals surface area contributed by atoms with Gasteiger partial charge in [-0.05, 0) is 54.8 Å². The zero-order valence-corrected chi connectivity index (χ0v) is 19.9. The van der Waals surface area contributed by atoms with E-state index in [0.717, 1.165) is 10.5 Å². The molecule has 2 aromatic rings. The number of thioether (sulfide) groups is 1. The molecular formula is C23H28Cl2N2O2S. The Balaban J connectivity index is 2.04. The first-order valence-corrected chi connectivity index (χ1v) is 11.7. The van der Waals surface area contributed by atoms with Crippen molar-refractivity contribution >= 4 is 46.8 Å².